The second-order valence-corrected chi connectivity index (χ2v) is 3.06. The lowest BCUT2D eigenvalue weighted by Gasteiger charge is -2.10. The monoisotopic (exact) mass is 217 g/mol. The van der Waals surface area contributed by atoms with Gasteiger partial charge >= 0.3 is 0 Å². The summed E-state index contributed by atoms with van der Waals surface area (Å²) in [6.45, 7) is 3.63. The third-order valence-electron chi connectivity index (χ3n) is 1.73. The van der Waals surface area contributed by atoms with Gasteiger partial charge in [-0.25, -0.2) is 0 Å². The SMILES string of the molecule is C=CC[C@@H](N)c1ccccc1Cl.Cl. The summed E-state index contributed by atoms with van der Waals surface area (Å²) in [6, 6.07) is 7.59. The smallest absolute Gasteiger partial charge is 0.0453 e. The number of halogens is 2. The molecule has 72 valence electrons. The zero-order valence-corrected chi connectivity index (χ0v) is 8.81. The van der Waals surface area contributed by atoms with Gasteiger partial charge in [0, 0.05) is 11.1 Å². The van der Waals surface area contributed by atoms with Gasteiger partial charge in [-0.1, -0.05) is 35.9 Å². The van der Waals surface area contributed by atoms with E-state index in [1.807, 2.05) is 24.3 Å². The molecule has 0 saturated carbocycles. The molecule has 1 rings (SSSR count). The van der Waals surface area contributed by atoms with Crippen LogP contribution in [0.25, 0.3) is 0 Å². The van der Waals surface area contributed by atoms with Gasteiger partial charge in [0.25, 0.3) is 0 Å². The molecule has 2 N–H and O–H groups in total. The van der Waals surface area contributed by atoms with Crippen LogP contribution in [0.3, 0.4) is 0 Å². The van der Waals surface area contributed by atoms with Gasteiger partial charge in [0.1, 0.15) is 0 Å². The number of nitrogens with two attached hydrogens (primary N) is 1. The van der Waals surface area contributed by atoms with Crippen LogP contribution in [0.1, 0.15) is 18.0 Å². The van der Waals surface area contributed by atoms with Crippen molar-refractivity contribution in [3.05, 3.63) is 47.5 Å². The van der Waals surface area contributed by atoms with Crippen LogP contribution in [0.5, 0.6) is 0 Å². The van der Waals surface area contributed by atoms with Gasteiger partial charge in [-0.3, -0.25) is 0 Å². The van der Waals surface area contributed by atoms with Crippen molar-refractivity contribution in [2.75, 3.05) is 0 Å². The van der Waals surface area contributed by atoms with E-state index in [1.54, 1.807) is 6.08 Å². The van der Waals surface area contributed by atoms with Crippen molar-refractivity contribution in [2.45, 2.75) is 12.5 Å². The summed E-state index contributed by atoms with van der Waals surface area (Å²) in [5.41, 5.74) is 6.84. The second kappa shape index (κ2) is 6.03. The van der Waals surface area contributed by atoms with Crippen molar-refractivity contribution < 1.29 is 0 Å². The van der Waals surface area contributed by atoms with E-state index in [1.165, 1.54) is 0 Å². The largest absolute Gasteiger partial charge is 0.324 e. The average Bonchev–Trinajstić information content (AvgIpc) is 2.05. The molecule has 0 fully saturated rings. The summed E-state index contributed by atoms with van der Waals surface area (Å²) in [5, 5.41) is 0.729. The first-order valence-electron chi connectivity index (χ1n) is 3.86. The number of benzene rings is 1. The molecule has 0 aliphatic rings. The van der Waals surface area contributed by atoms with Crippen molar-refractivity contribution in [3.63, 3.8) is 0 Å². The van der Waals surface area contributed by atoms with Gasteiger partial charge in [-0.15, -0.1) is 19.0 Å². The van der Waals surface area contributed by atoms with Crippen LogP contribution >= 0.6 is 24.0 Å². The van der Waals surface area contributed by atoms with Gasteiger partial charge < -0.3 is 5.73 Å². The molecule has 1 atom stereocenters. The van der Waals surface area contributed by atoms with Crippen LogP contribution < -0.4 is 5.73 Å². The van der Waals surface area contributed by atoms with E-state index in [2.05, 4.69) is 6.58 Å². The lowest BCUT2D eigenvalue weighted by Crippen LogP contribution is -2.09. The normalized spacial score (nSPS) is 11.5. The lowest BCUT2D eigenvalue weighted by molar-refractivity contribution is 0.742. The summed E-state index contributed by atoms with van der Waals surface area (Å²) in [7, 11) is 0. The minimum absolute atomic E-state index is 0. The van der Waals surface area contributed by atoms with Crippen LogP contribution in [0, 0.1) is 0 Å². The third kappa shape index (κ3) is 3.39. The molecule has 0 amide bonds. The molecule has 0 spiro atoms. The molecule has 0 aliphatic carbocycles. The van der Waals surface area contributed by atoms with Crippen molar-refractivity contribution in [1.29, 1.82) is 0 Å². The molecular formula is C10H13Cl2N. The van der Waals surface area contributed by atoms with Crippen LogP contribution in [-0.2, 0) is 0 Å². The van der Waals surface area contributed by atoms with Gasteiger partial charge in [0.05, 0.1) is 0 Å². The van der Waals surface area contributed by atoms with Crippen molar-refractivity contribution in [2.24, 2.45) is 5.73 Å². The predicted molar refractivity (Wildman–Crippen MR) is 60.4 cm³/mol. The first-order valence-corrected chi connectivity index (χ1v) is 4.24. The molecule has 3 heteroatoms. The Hall–Kier alpha value is -0.500. The fourth-order valence-electron chi connectivity index (χ4n) is 1.08. The van der Waals surface area contributed by atoms with Crippen molar-refractivity contribution in [3.8, 4) is 0 Å². The van der Waals surface area contributed by atoms with Crippen LogP contribution in [0.2, 0.25) is 5.02 Å². The topological polar surface area (TPSA) is 26.0 Å². The van der Waals surface area contributed by atoms with Crippen molar-refractivity contribution in [1.82, 2.24) is 0 Å². The summed E-state index contributed by atoms with van der Waals surface area (Å²) in [5.74, 6) is 0. The first kappa shape index (κ1) is 12.5. The van der Waals surface area contributed by atoms with Crippen molar-refractivity contribution >= 4 is 24.0 Å². The molecule has 1 nitrogen and oxygen atoms in total. The fraction of sp³-hybridized carbons (Fsp3) is 0.200. The zero-order valence-electron chi connectivity index (χ0n) is 7.24. The molecule has 1 aromatic carbocycles. The van der Waals surface area contributed by atoms with E-state index >= 15 is 0 Å². The van der Waals surface area contributed by atoms with Crippen LogP contribution in [0.4, 0.5) is 0 Å². The maximum atomic E-state index is 5.94. The molecule has 1 aromatic rings. The predicted octanol–water partition coefficient (Wildman–Crippen LogP) is 3.34. The highest BCUT2D eigenvalue weighted by atomic mass is 35.5. The quantitative estimate of drug-likeness (QED) is 0.773. The summed E-state index contributed by atoms with van der Waals surface area (Å²) in [6.07, 6.45) is 2.55. The summed E-state index contributed by atoms with van der Waals surface area (Å²) in [4.78, 5) is 0. The molecule has 0 aliphatic heterocycles. The Morgan fingerprint density at radius 1 is 1.46 bits per heavy atom. The molecular weight excluding hydrogens is 205 g/mol. The molecule has 0 unspecified atom stereocenters. The van der Waals surface area contributed by atoms with E-state index in [4.69, 9.17) is 17.3 Å². The Labute approximate surface area is 90.0 Å². The highest BCUT2D eigenvalue weighted by Gasteiger charge is 2.06. The molecule has 0 bridgehead atoms. The zero-order chi connectivity index (χ0) is 8.97. The highest BCUT2D eigenvalue weighted by molar-refractivity contribution is 6.31. The number of rotatable bonds is 3. The molecule has 0 radical (unpaired) electrons. The highest BCUT2D eigenvalue weighted by Crippen LogP contribution is 2.22. The number of hydrogen-bond donors (Lipinski definition) is 1. The van der Waals surface area contributed by atoms with E-state index in [-0.39, 0.29) is 18.4 Å². The first-order chi connectivity index (χ1) is 5.75. The van der Waals surface area contributed by atoms with Crippen LogP contribution in [0.15, 0.2) is 36.9 Å². The molecule has 0 aromatic heterocycles. The van der Waals surface area contributed by atoms with E-state index in [0.717, 1.165) is 17.0 Å². The Bertz CT molecular complexity index is 273. The minimum Gasteiger partial charge on any atom is -0.324 e. The molecule has 0 heterocycles. The van der Waals surface area contributed by atoms with Crippen LogP contribution in [-0.4, -0.2) is 0 Å². The second-order valence-electron chi connectivity index (χ2n) is 2.65. The van der Waals surface area contributed by atoms with E-state index < -0.39 is 0 Å². The van der Waals surface area contributed by atoms with Gasteiger partial charge in [0.15, 0.2) is 0 Å². The third-order valence-corrected chi connectivity index (χ3v) is 2.07. The van der Waals surface area contributed by atoms with E-state index in [9.17, 15) is 0 Å². The standard InChI is InChI=1S/C10H12ClN.ClH/c1-2-5-10(12)8-6-3-4-7-9(8)11;/h2-4,6-7,10H,1,5,12H2;1H/t10-;/m1./s1. The molecule has 13 heavy (non-hydrogen) atoms. The number of hydrogen-bond acceptors (Lipinski definition) is 1. The minimum atomic E-state index is -0.0313. The van der Waals surface area contributed by atoms with Gasteiger partial charge in [-0.2, -0.15) is 0 Å². The Kier molecular flexibility index (Phi) is 5.80. The van der Waals surface area contributed by atoms with E-state index in [0.29, 0.717) is 0 Å². The summed E-state index contributed by atoms with van der Waals surface area (Å²) < 4.78 is 0. The molecule has 0 saturated heterocycles. The Morgan fingerprint density at radius 2 is 2.08 bits per heavy atom. The average molecular weight is 218 g/mol. The van der Waals surface area contributed by atoms with Gasteiger partial charge in [-0.05, 0) is 18.1 Å². The Balaban J connectivity index is 0.00000144. The fourth-order valence-corrected chi connectivity index (χ4v) is 1.36. The maximum absolute atomic E-state index is 5.94. The maximum Gasteiger partial charge on any atom is 0.0453 e. The van der Waals surface area contributed by atoms with Gasteiger partial charge in [0.2, 0.25) is 0 Å². The summed E-state index contributed by atoms with van der Waals surface area (Å²) >= 11 is 5.94. The Morgan fingerprint density at radius 3 is 2.62 bits per heavy atom. The lowest BCUT2D eigenvalue weighted by atomic mass is 10.1.